The summed E-state index contributed by atoms with van der Waals surface area (Å²) in [5, 5.41) is 0.741. The predicted octanol–water partition coefficient (Wildman–Crippen LogP) is 2.93. The monoisotopic (exact) mass is 322 g/mol. The van der Waals surface area contributed by atoms with Gasteiger partial charge >= 0.3 is 5.51 Å². The van der Waals surface area contributed by atoms with Crippen LogP contribution in [0.5, 0.6) is 0 Å². The number of benzene rings is 1. The van der Waals surface area contributed by atoms with E-state index in [0.29, 0.717) is 9.58 Å². The van der Waals surface area contributed by atoms with E-state index in [-0.39, 0.29) is 12.4 Å². The molecule has 5 heteroatoms. The van der Waals surface area contributed by atoms with Crippen molar-refractivity contribution in [1.82, 2.24) is 0 Å². The molecule has 2 aromatic rings. The second-order valence-corrected chi connectivity index (χ2v) is 7.69. The summed E-state index contributed by atoms with van der Waals surface area (Å²) in [5.41, 5.74) is -3.59. The van der Waals surface area contributed by atoms with Crippen LogP contribution in [0.15, 0.2) is 24.3 Å². The van der Waals surface area contributed by atoms with Gasteiger partial charge in [0.25, 0.3) is 0 Å². The quantitative estimate of drug-likeness (QED) is 0.708. The minimum Gasteiger partial charge on any atom is -1.00 e. The number of rotatable bonds is 1. The van der Waals surface area contributed by atoms with Crippen LogP contribution in [-0.4, -0.2) is 0 Å². The highest BCUT2D eigenvalue weighted by Crippen LogP contribution is 2.54. The van der Waals surface area contributed by atoms with Crippen molar-refractivity contribution in [2.24, 2.45) is 0 Å². The molecule has 0 aliphatic heterocycles. The Hall–Kier alpha value is -0.740. The topological polar surface area (TPSA) is 0 Å². The van der Waals surface area contributed by atoms with Gasteiger partial charge in [-0.05, 0) is 24.1 Å². The number of thiophene rings is 1. The second-order valence-electron chi connectivity index (χ2n) is 5.74. The third-order valence-electron chi connectivity index (χ3n) is 3.18. The van der Waals surface area contributed by atoms with Crippen LogP contribution in [0.2, 0.25) is 0 Å². The van der Waals surface area contributed by atoms with E-state index < -0.39 is 21.4 Å². The molecule has 1 unspecified atom stereocenters. The average molecular weight is 323 g/mol. The van der Waals surface area contributed by atoms with E-state index in [1.165, 1.54) is 0 Å². The molecule has 20 heavy (non-hydrogen) atoms. The molecular weight excluding hydrogens is 305 g/mol. The molecule has 1 aromatic heterocycles. The van der Waals surface area contributed by atoms with Crippen LogP contribution in [0, 0.1) is 0 Å². The third-order valence-corrected chi connectivity index (χ3v) is 5.62. The highest BCUT2D eigenvalue weighted by atomic mass is 35.5. The minimum absolute atomic E-state index is 0. The normalized spacial score (nSPS) is 13.4. The van der Waals surface area contributed by atoms with Crippen molar-refractivity contribution < 1.29 is 25.6 Å². The number of hydrogen-bond donors (Lipinski definition) is 0. The SMILES string of the molecule is CCc1ccc2c(c1)cc(C(C)(C)C)[s+]2C(F)(F)F.[Cl-]. The van der Waals surface area contributed by atoms with E-state index in [9.17, 15) is 13.2 Å². The van der Waals surface area contributed by atoms with Gasteiger partial charge in [0, 0.05) is 16.9 Å². The maximum absolute atomic E-state index is 13.4. The summed E-state index contributed by atoms with van der Waals surface area (Å²) in [6.45, 7) is 7.54. The van der Waals surface area contributed by atoms with Crippen molar-refractivity contribution in [3.8, 4) is 0 Å². The zero-order chi connectivity index (χ0) is 14.4. The first-order chi connectivity index (χ1) is 8.64. The fraction of sp³-hybridized carbons (Fsp3) is 0.467. The fourth-order valence-electron chi connectivity index (χ4n) is 2.21. The van der Waals surface area contributed by atoms with Gasteiger partial charge in [-0.3, -0.25) is 0 Å². The van der Waals surface area contributed by atoms with E-state index in [4.69, 9.17) is 0 Å². The Morgan fingerprint density at radius 3 is 2.10 bits per heavy atom. The Bertz CT molecular complexity index is 606. The van der Waals surface area contributed by atoms with Gasteiger partial charge in [-0.25, -0.2) is 0 Å². The van der Waals surface area contributed by atoms with Gasteiger partial charge in [-0.2, -0.15) is 0 Å². The lowest BCUT2D eigenvalue weighted by Crippen LogP contribution is -3.00. The van der Waals surface area contributed by atoms with Crippen LogP contribution in [0.1, 0.15) is 38.1 Å². The molecule has 0 nitrogen and oxygen atoms in total. The molecule has 0 aliphatic rings. The van der Waals surface area contributed by atoms with E-state index in [1.807, 2.05) is 39.8 Å². The van der Waals surface area contributed by atoms with Crippen molar-refractivity contribution in [1.29, 1.82) is 0 Å². The first-order valence-electron chi connectivity index (χ1n) is 6.31. The lowest BCUT2D eigenvalue weighted by Gasteiger charge is -2.13. The first-order valence-corrected chi connectivity index (χ1v) is 7.53. The van der Waals surface area contributed by atoms with E-state index >= 15 is 0 Å². The minimum atomic E-state index is -4.20. The van der Waals surface area contributed by atoms with Crippen LogP contribution >= 0.6 is 10.5 Å². The van der Waals surface area contributed by atoms with Crippen molar-refractivity contribution in [3.05, 3.63) is 34.7 Å². The summed E-state index contributed by atoms with van der Waals surface area (Å²) in [6, 6.07) is 7.09. The number of halogens is 4. The van der Waals surface area contributed by atoms with Crippen molar-refractivity contribution in [2.45, 2.75) is 45.0 Å². The van der Waals surface area contributed by atoms with E-state index in [2.05, 4.69) is 0 Å². The Morgan fingerprint density at radius 2 is 1.65 bits per heavy atom. The molecule has 1 aromatic carbocycles. The predicted molar refractivity (Wildman–Crippen MR) is 75.8 cm³/mol. The molecule has 1 atom stereocenters. The summed E-state index contributed by atoms with van der Waals surface area (Å²) in [4.78, 5) is 0.489. The van der Waals surface area contributed by atoms with Crippen LogP contribution in [0.25, 0.3) is 10.1 Å². The molecule has 0 saturated carbocycles. The van der Waals surface area contributed by atoms with Crippen LogP contribution in [-0.2, 0) is 17.3 Å². The Labute approximate surface area is 126 Å². The summed E-state index contributed by atoms with van der Waals surface area (Å²) >= 11 is 0. The molecule has 112 valence electrons. The molecule has 0 bridgehead atoms. The largest absolute Gasteiger partial charge is 1.00 e. The molecule has 2 rings (SSSR count). The van der Waals surface area contributed by atoms with Gasteiger partial charge in [-0.1, -0.05) is 33.8 Å². The maximum atomic E-state index is 13.4. The smallest absolute Gasteiger partial charge is 0.600 e. The molecule has 0 fully saturated rings. The summed E-state index contributed by atoms with van der Waals surface area (Å²) in [6.07, 6.45) is 0.839. The lowest BCUT2D eigenvalue weighted by atomic mass is 9.94. The number of hydrogen-bond acceptors (Lipinski definition) is 0. The van der Waals surface area contributed by atoms with E-state index in [1.54, 1.807) is 12.1 Å². The number of alkyl halides is 3. The second kappa shape index (κ2) is 5.57. The zero-order valence-corrected chi connectivity index (χ0v) is 13.5. The van der Waals surface area contributed by atoms with Gasteiger partial charge in [-0.15, -0.1) is 13.2 Å². The Kier molecular flexibility index (Phi) is 4.82. The molecule has 0 aliphatic carbocycles. The molecule has 0 radical (unpaired) electrons. The fourth-order valence-corrected chi connectivity index (χ4v) is 4.36. The van der Waals surface area contributed by atoms with Crippen molar-refractivity contribution >= 4 is 20.6 Å². The van der Waals surface area contributed by atoms with Crippen LogP contribution in [0.4, 0.5) is 13.2 Å². The van der Waals surface area contributed by atoms with Crippen LogP contribution in [0.3, 0.4) is 0 Å². The Morgan fingerprint density at radius 1 is 1.05 bits per heavy atom. The summed E-state index contributed by atoms with van der Waals surface area (Å²) in [7, 11) is -1.78. The van der Waals surface area contributed by atoms with Gasteiger partial charge in [0.05, 0.1) is 10.5 Å². The molecule has 0 N–H and O–H groups in total. The van der Waals surface area contributed by atoms with Crippen molar-refractivity contribution in [2.75, 3.05) is 0 Å². The molecule has 1 heterocycles. The highest BCUT2D eigenvalue weighted by molar-refractivity contribution is 7.38. The maximum Gasteiger partial charge on any atom is 0.600 e. The molecule has 0 spiro atoms. The number of fused-ring (bicyclic) bond motifs is 1. The van der Waals surface area contributed by atoms with Crippen molar-refractivity contribution in [3.63, 3.8) is 0 Å². The third kappa shape index (κ3) is 3.12. The zero-order valence-electron chi connectivity index (χ0n) is 11.9. The van der Waals surface area contributed by atoms with Gasteiger partial charge in [0.15, 0.2) is 9.58 Å². The first kappa shape index (κ1) is 17.3. The van der Waals surface area contributed by atoms with E-state index in [0.717, 1.165) is 17.4 Å². The van der Waals surface area contributed by atoms with Gasteiger partial charge < -0.3 is 12.4 Å². The standard InChI is InChI=1S/C15H18F3S.ClH/c1-5-10-6-7-12-11(8-10)9-13(14(2,3)4)19(12)15(16,17)18;/h6-9H,5H2,1-4H3;1H/q+1;/p-1. The summed E-state index contributed by atoms with van der Waals surface area (Å²) < 4.78 is 40.5. The molecular formula is C15H18ClF3S. The lowest BCUT2D eigenvalue weighted by molar-refractivity contribution is -0.0869. The van der Waals surface area contributed by atoms with Gasteiger partial charge in [0.2, 0.25) is 0 Å². The van der Waals surface area contributed by atoms with Crippen LogP contribution < -0.4 is 12.4 Å². The van der Waals surface area contributed by atoms with Gasteiger partial charge in [0.1, 0.15) is 0 Å². The number of aryl methyl sites for hydroxylation is 1. The Balaban J connectivity index is 0.00000200. The molecule has 0 amide bonds. The molecule has 0 saturated heterocycles. The average Bonchev–Trinajstić information content (AvgIpc) is 2.66. The highest BCUT2D eigenvalue weighted by Gasteiger charge is 2.50. The summed E-state index contributed by atoms with van der Waals surface area (Å²) in [5.74, 6) is 0.